The summed E-state index contributed by atoms with van der Waals surface area (Å²) in [6, 6.07) is 1.74. The van der Waals surface area contributed by atoms with Crippen LogP contribution in [0.1, 0.15) is 51.3 Å². The lowest BCUT2D eigenvalue weighted by Gasteiger charge is -2.24. The van der Waals surface area contributed by atoms with E-state index >= 15 is 4.39 Å². The van der Waals surface area contributed by atoms with E-state index in [2.05, 4.69) is 9.50 Å². The average Bonchev–Trinajstić information content (AvgIpc) is 2.72. The molecule has 0 aliphatic carbocycles. The van der Waals surface area contributed by atoms with Gasteiger partial charge in [0, 0.05) is 17.2 Å². The van der Waals surface area contributed by atoms with Crippen molar-refractivity contribution in [2.45, 2.75) is 58.2 Å². The first kappa shape index (κ1) is 32.1. The summed E-state index contributed by atoms with van der Waals surface area (Å²) in [5, 5.41) is 1.71. The highest BCUT2D eigenvalue weighted by atomic mass is 35.5. The van der Waals surface area contributed by atoms with Gasteiger partial charge in [0.15, 0.2) is 5.75 Å². The Balaban J connectivity index is 2.73. The molecule has 1 N–H and O–H groups in total. The predicted molar refractivity (Wildman–Crippen MR) is 131 cm³/mol. The number of hydrogen-bond donors (Lipinski definition) is 1. The minimum Gasteiger partial charge on any atom is -0.466 e. The van der Waals surface area contributed by atoms with Crippen molar-refractivity contribution in [2.24, 2.45) is 0 Å². The molecule has 0 saturated carbocycles. The Kier molecular flexibility index (Phi) is 9.83. The lowest BCUT2D eigenvalue weighted by atomic mass is 9.94. The van der Waals surface area contributed by atoms with Crippen LogP contribution in [0.5, 0.6) is 5.75 Å². The predicted octanol–water partition coefficient (Wildman–Crippen LogP) is 6.34. The molecule has 0 spiro atoms. The average molecular weight is 602 g/mol. The number of carbonyl (C=O) groups excluding carboxylic acids is 2. The quantitative estimate of drug-likeness (QED) is 0.163. The monoisotopic (exact) mass is 601 g/mol. The van der Waals surface area contributed by atoms with Crippen LogP contribution in [0.4, 0.5) is 26.7 Å². The van der Waals surface area contributed by atoms with E-state index in [-0.39, 0.29) is 23.3 Å². The van der Waals surface area contributed by atoms with Gasteiger partial charge in [-0.2, -0.15) is 21.6 Å². The van der Waals surface area contributed by atoms with Gasteiger partial charge in [0.2, 0.25) is 0 Å². The van der Waals surface area contributed by atoms with E-state index in [0.717, 1.165) is 18.2 Å². The number of carbonyl (C=O) groups is 2. The number of alkyl halides is 3. The largest absolute Gasteiger partial charge is 0.534 e. The van der Waals surface area contributed by atoms with Crippen molar-refractivity contribution in [2.75, 3.05) is 6.61 Å². The molecular weight excluding hydrogens is 577 g/mol. The second-order valence-corrected chi connectivity index (χ2v) is 11.1. The van der Waals surface area contributed by atoms with Crippen molar-refractivity contribution in [3.05, 3.63) is 52.0 Å². The minimum absolute atomic E-state index is 0.0373. The fourth-order valence-corrected chi connectivity index (χ4v) is 4.09. The second kappa shape index (κ2) is 11.9. The van der Waals surface area contributed by atoms with Gasteiger partial charge in [-0.05, 0) is 63.9 Å². The maximum Gasteiger partial charge on any atom is 0.534 e. The molecule has 0 saturated heterocycles. The van der Waals surface area contributed by atoms with Crippen molar-refractivity contribution in [3.63, 3.8) is 0 Å². The molecule has 2 aromatic rings. The molecule has 8 nitrogen and oxygen atoms in total. The lowest BCUT2D eigenvalue weighted by Crippen LogP contribution is -2.36. The molecule has 0 radical (unpaired) electrons. The molecule has 2 rings (SSSR count). The van der Waals surface area contributed by atoms with E-state index in [1.54, 1.807) is 20.8 Å². The third-order valence-corrected chi connectivity index (χ3v) is 6.08. The van der Waals surface area contributed by atoms with Gasteiger partial charge in [-0.15, -0.1) is 0 Å². The summed E-state index contributed by atoms with van der Waals surface area (Å²) >= 11 is 6.05. The Morgan fingerprint density at radius 2 is 1.69 bits per heavy atom. The van der Waals surface area contributed by atoms with Gasteiger partial charge in [-0.1, -0.05) is 11.6 Å². The molecule has 1 atom stereocenters. The number of nitrogens with one attached hydrogen (secondary N) is 1. The van der Waals surface area contributed by atoms with E-state index in [1.807, 2.05) is 0 Å². The van der Waals surface area contributed by atoms with E-state index in [4.69, 9.17) is 21.1 Å². The molecule has 1 amide bonds. The van der Waals surface area contributed by atoms with Crippen LogP contribution in [-0.4, -0.2) is 38.2 Å². The molecule has 216 valence electrons. The topological polar surface area (TPSA) is 108 Å². The van der Waals surface area contributed by atoms with Crippen molar-refractivity contribution in [1.82, 2.24) is 5.32 Å². The van der Waals surface area contributed by atoms with Crippen LogP contribution in [0.15, 0.2) is 24.3 Å². The number of aryl methyl sites for hydroxylation is 1. The molecule has 0 aliphatic heterocycles. The molecule has 0 fully saturated rings. The maximum atomic E-state index is 15.3. The van der Waals surface area contributed by atoms with Crippen LogP contribution in [0, 0.1) is 18.6 Å². The number of amides is 1. The van der Waals surface area contributed by atoms with Crippen molar-refractivity contribution >= 4 is 33.8 Å². The molecule has 15 heteroatoms. The summed E-state index contributed by atoms with van der Waals surface area (Å²) in [7, 11) is -6.22. The summed E-state index contributed by atoms with van der Waals surface area (Å²) in [5.74, 6) is -4.14. The van der Waals surface area contributed by atoms with Gasteiger partial charge < -0.3 is 19.0 Å². The minimum atomic E-state index is -6.22. The zero-order valence-corrected chi connectivity index (χ0v) is 22.9. The summed E-state index contributed by atoms with van der Waals surface area (Å²) in [6.45, 7) is 7.37. The molecule has 0 aromatic heterocycles. The molecule has 0 aliphatic rings. The Morgan fingerprint density at radius 1 is 1.08 bits per heavy atom. The molecular formula is C24H25ClF5NO7S. The normalized spacial score (nSPS) is 13.0. The van der Waals surface area contributed by atoms with Crippen LogP contribution >= 0.6 is 11.6 Å². The molecule has 0 unspecified atom stereocenters. The second-order valence-electron chi connectivity index (χ2n) is 9.15. The standard InChI is InChI=1S/C24H25ClF5NO7S/c1-6-36-19(32)11-17(31-22(33)37-23(3,4)5)15-8-13(9-16(25)21(15)27)20-12(2)7-14(26)10-18(20)38-39(34,35)24(28,29)30/h7-10,17H,6,11H2,1-5H3,(H,31,33)/t17-/m0/s1. The lowest BCUT2D eigenvalue weighted by molar-refractivity contribution is -0.143. The number of benzene rings is 2. The number of esters is 1. The SMILES string of the molecule is CCOC(=O)C[C@H](NC(=O)OC(C)(C)C)c1cc(-c2c(C)cc(F)cc2OS(=O)(=O)C(F)(F)F)cc(Cl)c1F. The van der Waals surface area contributed by atoms with Gasteiger partial charge in [-0.25, -0.2) is 13.6 Å². The first-order valence-electron chi connectivity index (χ1n) is 11.2. The van der Waals surface area contributed by atoms with Crippen molar-refractivity contribution < 1.29 is 53.6 Å². The highest BCUT2D eigenvalue weighted by Crippen LogP contribution is 2.40. The summed E-state index contributed by atoms with van der Waals surface area (Å²) in [6.07, 6.45) is -1.66. The van der Waals surface area contributed by atoms with E-state index in [0.29, 0.717) is 6.07 Å². The van der Waals surface area contributed by atoms with E-state index in [9.17, 15) is 35.6 Å². The van der Waals surface area contributed by atoms with Crippen LogP contribution in [0.25, 0.3) is 11.1 Å². The fourth-order valence-electron chi connectivity index (χ4n) is 3.40. The molecule has 0 bridgehead atoms. The van der Waals surface area contributed by atoms with Crippen LogP contribution < -0.4 is 9.50 Å². The number of hydrogen-bond acceptors (Lipinski definition) is 7. The summed E-state index contributed by atoms with van der Waals surface area (Å²) in [4.78, 5) is 24.7. The van der Waals surface area contributed by atoms with Crippen molar-refractivity contribution in [1.29, 1.82) is 0 Å². The van der Waals surface area contributed by atoms with Crippen LogP contribution in [0.2, 0.25) is 5.02 Å². The smallest absolute Gasteiger partial charge is 0.466 e. The highest BCUT2D eigenvalue weighted by molar-refractivity contribution is 7.88. The molecule has 39 heavy (non-hydrogen) atoms. The van der Waals surface area contributed by atoms with Gasteiger partial charge in [0.25, 0.3) is 0 Å². The highest BCUT2D eigenvalue weighted by Gasteiger charge is 2.49. The molecule has 2 aromatic carbocycles. The number of rotatable bonds is 8. The Morgan fingerprint density at radius 3 is 2.23 bits per heavy atom. The Hall–Kier alpha value is -3.13. The Labute approximate surface area is 226 Å². The van der Waals surface area contributed by atoms with Gasteiger partial charge in [0.1, 0.15) is 17.2 Å². The number of ether oxygens (including phenoxy) is 2. The first-order valence-corrected chi connectivity index (χ1v) is 13.0. The third-order valence-electron chi connectivity index (χ3n) is 4.83. The van der Waals surface area contributed by atoms with Crippen LogP contribution in [-0.2, 0) is 24.4 Å². The zero-order chi connectivity index (χ0) is 29.9. The van der Waals surface area contributed by atoms with Gasteiger partial charge >= 0.3 is 27.7 Å². The van der Waals surface area contributed by atoms with E-state index < -0.39 is 73.7 Å². The van der Waals surface area contributed by atoms with Gasteiger partial charge in [0.05, 0.1) is 24.1 Å². The maximum absolute atomic E-state index is 15.3. The third kappa shape index (κ3) is 8.43. The Bertz CT molecular complexity index is 1360. The molecule has 0 heterocycles. The summed E-state index contributed by atoms with van der Waals surface area (Å²) < 4.78 is 106. The van der Waals surface area contributed by atoms with Crippen LogP contribution in [0.3, 0.4) is 0 Å². The summed E-state index contributed by atoms with van der Waals surface area (Å²) in [5.41, 5.74) is -7.92. The van der Waals surface area contributed by atoms with Crippen molar-refractivity contribution in [3.8, 4) is 16.9 Å². The van der Waals surface area contributed by atoms with Gasteiger partial charge in [-0.3, -0.25) is 4.79 Å². The number of halogens is 6. The van der Waals surface area contributed by atoms with E-state index in [1.165, 1.54) is 13.8 Å². The number of alkyl carbamates (subject to hydrolysis) is 1. The first-order chi connectivity index (χ1) is 17.8. The zero-order valence-electron chi connectivity index (χ0n) is 21.3. The fraction of sp³-hybridized carbons (Fsp3) is 0.417.